The number of carbonyl (C=O) groups excluding carboxylic acids is 1. The predicted octanol–water partition coefficient (Wildman–Crippen LogP) is 9.13. The fourth-order valence-corrected chi connectivity index (χ4v) is 14.8. The van der Waals surface area contributed by atoms with Gasteiger partial charge in [0.05, 0.1) is 30.3 Å². The molecule has 14 heteroatoms. The van der Waals surface area contributed by atoms with Gasteiger partial charge in [0, 0.05) is 38.2 Å². The molecule has 1 aliphatic heterocycles. The van der Waals surface area contributed by atoms with Gasteiger partial charge >= 0.3 is 6.03 Å². The van der Waals surface area contributed by atoms with Crippen molar-refractivity contribution in [3.63, 3.8) is 0 Å². The molecular formula is C43H62N10O3Si. The summed E-state index contributed by atoms with van der Waals surface area (Å²) < 4.78 is 19.2. The topological polar surface area (TPSA) is 129 Å². The number of hydrogen-bond acceptors (Lipinski definition) is 8. The van der Waals surface area contributed by atoms with E-state index in [-0.39, 0.29) is 23.6 Å². The minimum Gasteiger partial charge on any atom is -0.484 e. The van der Waals surface area contributed by atoms with Crippen LogP contribution < -0.4 is 20.3 Å². The number of aryl methyl sites for hydroxylation is 1. The Bertz CT molecular complexity index is 2130. The van der Waals surface area contributed by atoms with Crippen LogP contribution in [0.15, 0.2) is 61.1 Å². The first kappa shape index (κ1) is 40.5. The molecular weight excluding hydrogens is 733 g/mol. The number of amides is 2. The average molecular weight is 795 g/mol. The Morgan fingerprint density at radius 3 is 2.26 bits per heavy atom. The highest BCUT2D eigenvalue weighted by molar-refractivity contribution is 6.77. The van der Waals surface area contributed by atoms with Crippen LogP contribution in [0.5, 0.6) is 5.75 Å². The summed E-state index contributed by atoms with van der Waals surface area (Å²) in [5.41, 5.74) is 6.12. The van der Waals surface area contributed by atoms with Crippen LogP contribution in [0.3, 0.4) is 0 Å². The van der Waals surface area contributed by atoms with Crippen LogP contribution in [-0.2, 0) is 16.9 Å². The van der Waals surface area contributed by atoms with Gasteiger partial charge < -0.3 is 19.4 Å². The number of rotatable bonds is 12. The number of pyridine rings is 1. The number of piperidine rings is 1. The largest absolute Gasteiger partial charge is 0.484 e. The number of urea groups is 1. The molecule has 0 spiro atoms. The number of aromatic nitrogens is 7. The van der Waals surface area contributed by atoms with E-state index in [0.717, 1.165) is 85.2 Å². The summed E-state index contributed by atoms with van der Waals surface area (Å²) in [6.07, 6.45) is 9.06. The lowest BCUT2D eigenvalue weighted by Gasteiger charge is -2.43. The second-order valence-electron chi connectivity index (χ2n) is 18.1. The van der Waals surface area contributed by atoms with E-state index in [9.17, 15) is 4.79 Å². The van der Waals surface area contributed by atoms with Crippen molar-refractivity contribution >= 4 is 31.8 Å². The SMILES string of the molecule is CC(C)[Si](OCC1CCN(c2nnc3ccc(O[C@@H]4CC[C@H](NC(=O)Nc5cc(C(C)(C)C)nn5-c5cnn(C)c5)c5ccccc54)cn23)CC1)(C(C)C)C(C)C. The number of benzene rings is 1. The van der Waals surface area contributed by atoms with Crippen LogP contribution in [-0.4, -0.2) is 68.2 Å². The van der Waals surface area contributed by atoms with E-state index in [2.05, 4.69) is 110 Å². The minimum absolute atomic E-state index is 0.171. The van der Waals surface area contributed by atoms with Gasteiger partial charge in [0.2, 0.25) is 5.95 Å². The van der Waals surface area contributed by atoms with E-state index in [0.29, 0.717) is 28.4 Å². The van der Waals surface area contributed by atoms with Crippen LogP contribution in [0.25, 0.3) is 11.3 Å². The average Bonchev–Trinajstić information content (AvgIpc) is 3.91. The number of anilines is 2. The second kappa shape index (κ2) is 16.3. The van der Waals surface area contributed by atoms with Crippen LogP contribution in [0, 0.1) is 5.92 Å². The lowest BCUT2D eigenvalue weighted by atomic mass is 9.85. The van der Waals surface area contributed by atoms with E-state index in [4.69, 9.17) is 14.3 Å². The molecule has 2 atom stereocenters. The van der Waals surface area contributed by atoms with Gasteiger partial charge in [-0.2, -0.15) is 10.2 Å². The van der Waals surface area contributed by atoms with E-state index in [1.54, 1.807) is 15.6 Å². The Balaban J connectivity index is 1.01. The molecule has 5 aromatic rings. The summed E-state index contributed by atoms with van der Waals surface area (Å²) in [4.78, 5) is 15.9. The van der Waals surface area contributed by atoms with Gasteiger partial charge in [0.25, 0.3) is 0 Å². The van der Waals surface area contributed by atoms with Gasteiger partial charge in [-0.1, -0.05) is 86.6 Å². The molecule has 2 amide bonds. The molecule has 57 heavy (non-hydrogen) atoms. The highest BCUT2D eigenvalue weighted by Crippen LogP contribution is 2.43. The standard InChI is InChI=1S/C43H62N10O3Si/c1-28(2)57(29(3)4,30(5)6)55-27-31-19-21-51(22-20-31)42-48-47-39-18-15-33(26-52(39)42)56-37-17-16-36(34-13-11-12-14-35(34)37)45-41(54)46-40-23-38(43(7,8)9)49-53(40)32-24-44-50(10)25-32/h11-15,18,23-26,28-31,36-37H,16-17,19-22,27H2,1-10H3,(H2,45,46,54)/t36-,37+/m0/s1. The Kier molecular flexibility index (Phi) is 11.6. The van der Waals surface area contributed by atoms with Crippen molar-refractivity contribution < 1.29 is 14.0 Å². The van der Waals surface area contributed by atoms with E-state index < -0.39 is 8.32 Å². The van der Waals surface area contributed by atoms with Crippen LogP contribution >= 0.6 is 0 Å². The lowest BCUT2D eigenvalue weighted by Crippen LogP contribution is -2.49. The molecule has 306 valence electrons. The lowest BCUT2D eigenvalue weighted by molar-refractivity contribution is 0.171. The Morgan fingerprint density at radius 1 is 0.912 bits per heavy atom. The van der Waals surface area contributed by atoms with Gasteiger partial charge in [0.1, 0.15) is 23.4 Å². The third kappa shape index (κ3) is 8.34. The molecule has 0 bridgehead atoms. The van der Waals surface area contributed by atoms with Crippen molar-refractivity contribution in [1.82, 2.24) is 39.5 Å². The number of fused-ring (bicyclic) bond motifs is 2. The molecule has 2 aliphatic rings. The maximum absolute atomic E-state index is 13.6. The summed E-state index contributed by atoms with van der Waals surface area (Å²) in [5.74, 6) is 2.74. The summed E-state index contributed by atoms with van der Waals surface area (Å²) in [7, 11) is -0.0285. The van der Waals surface area contributed by atoms with Crippen LogP contribution in [0.4, 0.5) is 16.6 Å². The number of carbonyl (C=O) groups is 1. The van der Waals surface area contributed by atoms with E-state index >= 15 is 0 Å². The summed E-state index contributed by atoms with van der Waals surface area (Å²) in [6, 6.07) is 13.6. The van der Waals surface area contributed by atoms with Crippen molar-refractivity contribution in [1.29, 1.82) is 0 Å². The molecule has 1 aliphatic carbocycles. The zero-order valence-corrected chi connectivity index (χ0v) is 36.5. The molecule has 4 aromatic heterocycles. The van der Waals surface area contributed by atoms with Crippen molar-refractivity contribution in [2.45, 2.75) is 122 Å². The molecule has 1 saturated heterocycles. The number of ether oxygens (including phenoxy) is 1. The molecule has 1 aromatic carbocycles. The summed E-state index contributed by atoms with van der Waals surface area (Å²) in [5, 5.41) is 24.6. The molecule has 5 heterocycles. The molecule has 0 unspecified atom stereocenters. The zero-order chi connectivity index (χ0) is 40.6. The fraction of sp³-hybridized carbons (Fsp3) is 0.558. The Labute approximate surface area is 338 Å². The van der Waals surface area contributed by atoms with Gasteiger partial charge in [0.15, 0.2) is 14.0 Å². The maximum atomic E-state index is 13.6. The van der Waals surface area contributed by atoms with Crippen LogP contribution in [0.1, 0.15) is 117 Å². The van der Waals surface area contributed by atoms with Crippen molar-refractivity contribution in [3.8, 4) is 11.4 Å². The highest BCUT2D eigenvalue weighted by Gasteiger charge is 2.45. The van der Waals surface area contributed by atoms with Crippen molar-refractivity contribution in [2.75, 3.05) is 29.9 Å². The molecule has 0 saturated carbocycles. The number of nitrogens with one attached hydrogen (secondary N) is 2. The zero-order valence-electron chi connectivity index (χ0n) is 35.5. The molecule has 2 N–H and O–H groups in total. The van der Waals surface area contributed by atoms with Crippen molar-refractivity contribution in [3.05, 3.63) is 77.9 Å². The molecule has 1 fully saturated rings. The normalized spacial score (nSPS) is 18.2. The fourth-order valence-electron chi connectivity index (χ4n) is 9.26. The Hall–Kier alpha value is -4.69. The smallest absolute Gasteiger partial charge is 0.320 e. The highest BCUT2D eigenvalue weighted by atomic mass is 28.4. The maximum Gasteiger partial charge on any atom is 0.320 e. The summed E-state index contributed by atoms with van der Waals surface area (Å²) >= 11 is 0. The third-order valence-electron chi connectivity index (χ3n) is 12.2. The predicted molar refractivity (Wildman–Crippen MR) is 228 cm³/mol. The van der Waals surface area contributed by atoms with Crippen molar-refractivity contribution in [2.24, 2.45) is 13.0 Å². The Morgan fingerprint density at radius 2 is 1.61 bits per heavy atom. The first-order chi connectivity index (χ1) is 27.1. The summed E-state index contributed by atoms with van der Waals surface area (Å²) in [6.45, 7) is 23.2. The number of nitrogens with zero attached hydrogens (tertiary/aromatic N) is 8. The van der Waals surface area contributed by atoms with Gasteiger partial charge in [-0.3, -0.25) is 14.4 Å². The van der Waals surface area contributed by atoms with Gasteiger partial charge in [-0.25, -0.2) is 9.48 Å². The van der Waals surface area contributed by atoms with E-state index in [1.165, 1.54) is 0 Å². The third-order valence-corrected chi connectivity index (χ3v) is 18.3. The monoisotopic (exact) mass is 794 g/mol. The first-order valence-electron chi connectivity index (χ1n) is 20.8. The second-order valence-corrected chi connectivity index (χ2v) is 23.5. The van der Waals surface area contributed by atoms with Crippen LogP contribution in [0.2, 0.25) is 16.6 Å². The van der Waals surface area contributed by atoms with Gasteiger partial charge in [-0.05, 0) is 71.5 Å². The quantitative estimate of drug-likeness (QED) is 0.120. The van der Waals surface area contributed by atoms with Gasteiger partial charge in [-0.15, -0.1) is 10.2 Å². The molecule has 7 rings (SSSR count). The first-order valence-corrected chi connectivity index (χ1v) is 22.9. The molecule has 0 radical (unpaired) electrons. The molecule has 13 nitrogen and oxygen atoms in total. The minimum atomic E-state index is -1.89. The number of hydrogen-bond donors (Lipinski definition) is 2. The van der Waals surface area contributed by atoms with E-state index in [1.807, 2.05) is 49.8 Å².